The maximum absolute atomic E-state index is 13.9. The lowest BCUT2D eigenvalue weighted by molar-refractivity contribution is -0.274. The number of aliphatic imine (C=N–C) groups is 1. The summed E-state index contributed by atoms with van der Waals surface area (Å²) in [7, 11) is 5.27. The summed E-state index contributed by atoms with van der Waals surface area (Å²) in [6.45, 7) is 0.935. The van der Waals surface area contributed by atoms with Crippen LogP contribution >= 0.6 is 0 Å². The molecular formula is C20H24F4N4O. The molecule has 0 radical (unpaired) electrons. The highest BCUT2D eigenvalue weighted by Crippen LogP contribution is 2.26. The highest BCUT2D eigenvalue weighted by atomic mass is 19.4. The van der Waals surface area contributed by atoms with Crippen molar-refractivity contribution < 1.29 is 22.3 Å². The Morgan fingerprint density at radius 3 is 2.38 bits per heavy atom. The van der Waals surface area contributed by atoms with Gasteiger partial charge in [0.05, 0.1) is 0 Å². The molecule has 0 bridgehead atoms. The second-order valence-corrected chi connectivity index (χ2v) is 6.60. The van der Waals surface area contributed by atoms with E-state index in [-0.39, 0.29) is 18.1 Å². The molecule has 0 aromatic heterocycles. The van der Waals surface area contributed by atoms with Gasteiger partial charge in [-0.15, -0.1) is 13.2 Å². The molecule has 9 heteroatoms. The van der Waals surface area contributed by atoms with Crippen LogP contribution in [-0.4, -0.2) is 38.4 Å². The number of nitrogens with zero attached hydrogens (tertiary/aromatic N) is 2. The third-order valence-electron chi connectivity index (χ3n) is 3.92. The van der Waals surface area contributed by atoms with Gasteiger partial charge in [-0.2, -0.15) is 0 Å². The van der Waals surface area contributed by atoms with E-state index in [1.807, 2.05) is 19.0 Å². The average molecular weight is 412 g/mol. The lowest BCUT2D eigenvalue weighted by Crippen LogP contribution is -2.36. The highest BCUT2D eigenvalue weighted by molar-refractivity contribution is 5.79. The second kappa shape index (κ2) is 10.1. The molecule has 2 rings (SSSR count). The summed E-state index contributed by atoms with van der Waals surface area (Å²) in [5.74, 6) is -0.147. The molecular weight excluding hydrogens is 388 g/mol. The largest absolute Gasteiger partial charge is 0.573 e. The minimum absolute atomic E-state index is 0.0845. The van der Waals surface area contributed by atoms with Crippen LogP contribution in [0, 0.1) is 5.82 Å². The average Bonchev–Trinajstić information content (AvgIpc) is 2.64. The fourth-order valence-electron chi connectivity index (χ4n) is 2.66. The van der Waals surface area contributed by atoms with E-state index in [1.54, 1.807) is 25.2 Å². The fraction of sp³-hybridized carbons (Fsp3) is 0.350. The van der Waals surface area contributed by atoms with Crippen molar-refractivity contribution in [1.82, 2.24) is 15.5 Å². The second-order valence-electron chi connectivity index (χ2n) is 6.60. The van der Waals surface area contributed by atoms with Crippen molar-refractivity contribution in [3.05, 3.63) is 65.0 Å². The van der Waals surface area contributed by atoms with E-state index in [0.29, 0.717) is 30.2 Å². The Labute approximate surface area is 167 Å². The van der Waals surface area contributed by atoms with Crippen LogP contribution < -0.4 is 15.4 Å². The van der Waals surface area contributed by atoms with Gasteiger partial charge in [-0.1, -0.05) is 24.3 Å². The summed E-state index contributed by atoms with van der Waals surface area (Å²) in [5.41, 5.74) is 1.77. The number of halogens is 4. The lowest BCUT2D eigenvalue weighted by Gasteiger charge is -2.16. The van der Waals surface area contributed by atoms with Crippen LogP contribution in [0.4, 0.5) is 17.6 Å². The van der Waals surface area contributed by atoms with Gasteiger partial charge in [0, 0.05) is 37.8 Å². The molecule has 0 spiro atoms. The standard InChI is InChI=1S/C20H24F4N4O/c1-25-19(26-11-14-8-9-17(21)16(10-14)13-28(2)3)27-12-15-6-4-5-7-18(15)29-20(22,23)24/h4-10H,11-13H2,1-3H3,(H2,25,26,27). The van der Waals surface area contributed by atoms with Crippen LogP contribution in [0.15, 0.2) is 47.5 Å². The summed E-state index contributed by atoms with van der Waals surface area (Å²) in [6.07, 6.45) is -4.76. The van der Waals surface area contributed by atoms with Crippen molar-refractivity contribution >= 4 is 5.96 Å². The Morgan fingerprint density at radius 2 is 1.72 bits per heavy atom. The van der Waals surface area contributed by atoms with E-state index < -0.39 is 6.36 Å². The van der Waals surface area contributed by atoms with Crippen LogP contribution in [0.5, 0.6) is 5.75 Å². The minimum atomic E-state index is -4.76. The first kappa shape index (κ1) is 22.5. The first-order valence-corrected chi connectivity index (χ1v) is 8.88. The molecule has 5 nitrogen and oxygen atoms in total. The first-order chi connectivity index (χ1) is 13.7. The molecule has 2 aromatic carbocycles. The molecule has 0 atom stereocenters. The van der Waals surface area contributed by atoms with E-state index >= 15 is 0 Å². The quantitative estimate of drug-likeness (QED) is 0.414. The third-order valence-corrected chi connectivity index (χ3v) is 3.92. The maximum Gasteiger partial charge on any atom is 0.573 e. The van der Waals surface area contributed by atoms with Gasteiger partial charge < -0.3 is 20.3 Å². The van der Waals surface area contributed by atoms with Crippen molar-refractivity contribution in [2.24, 2.45) is 4.99 Å². The van der Waals surface area contributed by atoms with Crippen LogP contribution in [0.3, 0.4) is 0 Å². The number of guanidine groups is 1. The molecule has 0 unspecified atom stereocenters. The van der Waals surface area contributed by atoms with Crippen molar-refractivity contribution in [3.63, 3.8) is 0 Å². The SMILES string of the molecule is CN=C(NCc1ccc(F)c(CN(C)C)c1)NCc1ccccc1OC(F)(F)F. The van der Waals surface area contributed by atoms with Gasteiger partial charge in [-0.25, -0.2) is 4.39 Å². The van der Waals surface area contributed by atoms with E-state index in [0.717, 1.165) is 5.56 Å². The Hall–Kier alpha value is -2.81. The molecule has 2 aromatic rings. The molecule has 0 fully saturated rings. The summed E-state index contributed by atoms with van der Waals surface area (Å²) in [6, 6.07) is 10.7. The number of hydrogen-bond acceptors (Lipinski definition) is 3. The molecule has 0 aliphatic heterocycles. The number of rotatable bonds is 7. The van der Waals surface area contributed by atoms with Crippen molar-refractivity contribution in [3.8, 4) is 5.75 Å². The lowest BCUT2D eigenvalue weighted by atomic mass is 10.1. The number of benzene rings is 2. The maximum atomic E-state index is 13.9. The van der Waals surface area contributed by atoms with Crippen LogP contribution in [0.25, 0.3) is 0 Å². The van der Waals surface area contributed by atoms with Gasteiger partial charge in [0.1, 0.15) is 11.6 Å². The molecule has 158 valence electrons. The Morgan fingerprint density at radius 1 is 1.03 bits per heavy atom. The fourth-order valence-corrected chi connectivity index (χ4v) is 2.66. The van der Waals surface area contributed by atoms with E-state index in [4.69, 9.17) is 0 Å². The number of nitrogens with one attached hydrogen (secondary N) is 2. The molecule has 29 heavy (non-hydrogen) atoms. The molecule has 0 heterocycles. The van der Waals surface area contributed by atoms with Gasteiger partial charge in [-0.3, -0.25) is 4.99 Å². The van der Waals surface area contributed by atoms with Crippen molar-refractivity contribution in [2.45, 2.75) is 26.0 Å². The predicted molar refractivity (Wildman–Crippen MR) is 104 cm³/mol. The molecule has 0 saturated carbocycles. The van der Waals surface area contributed by atoms with Crippen molar-refractivity contribution in [1.29, 1.82) is 0 Å². The molecule has 0 saturated heterocycles. The first-order valence-electron chi connectivity index (χ1n) is 8.88. The zero-order chi connectivity index (χ0) is 21.4. The van der Waals surface area contributed by atoms with E-state index in [9.17, 15) is 17.6 Å². The summed E-state index contributed by atoms with van der Waals surface area (Å²) >= 11 is 0. The zero-order valence-corrected chi connectivity index (χ0v) is 16.5. The van der Waals surface area contributed by atoms with E-state index in [1.165, 1.54) is 24.3 Å². The molecule has 0 amide bonds. The molecule has 0 aliphatic rings. The highest BCUT2D eigenvalue weighted by Gasteiger charge is 2.31. The van der Waals surface area contributed by atoms with Crippen molar-refractivity contribution in [2.75, 3.05) is 21.1 Å². The minimum Gasteiger partial charge on any atom is -0.405 e. The van der Waals surface area contributed by atoms with Crippen LogP contribution in [-0.2, 0) is 19.6 Å². The Balaban J connectivity index is 1.97. The number of hydrogen-bond donors (Lipinski definition) is 2. The van der Waals surface area contributed by atoms with Gasteiger partial charge >= 0.3 is 6.36 Å². The zero-order valence-electron chi connectivity index (χ0n) is 16.5. The molecule has 0 aliphatic carbocycles. The van der Waals surface area contributed by atoms with Gasteiger partial charge in [0.25, 0.3) is 0 Å². The Bertz CT molecular complexity index is 837. The van der Waals surface area contributed by atoms with E-state index in [2.05, 4.69) is 20.4 Å². The smallest absolute Gasteiger partial charge is 0.405 e. The van der Waals surface area contributed by atoms with Gasteiger partial charge in [0.15, 0.2) is 5.96 Å². The van der Waals surface area contributed by atoms with Gasteiger partial charge in [-0.05, 0) is 37.9 Å². The number of alkyl halides is 3. The Kier molecular flexibility index (Phi) is 7.83. The molecule has 2 N–H and O–H groups in total. The topological polar surface area (TPSA) is 48.9 Å². The predicted octanol–water partition coefficient (Wildman–Crippen LogP) is 3.65. The monoisotopic (exact) mass is 412 g/mol. The number of para-hydroxylation sites is 1. The normalized spacial score (nSPS) is 12.2. The van der Waals surface area contributed by atoms with Crippen LogP contribution in [0.2, 0.25) is 0 Å². The third kappa shape index (κ3) is 7.61. The summed E-state index contributed by atoms with van der Waals surface area (Å²) < 4.78 is 55.5. The summed E-state index contributed by atoms with van der Waals surface area (Å²) in [5, 5.41) is 6.01. The summed E-state index contributed by atoms with van der Waals surface area (Å²) in [4.78, 5) is 5.93. The van der Waals surface area contributed by atoms with Gasteiger partial charge in [0.2, 0.25) is 0 Å². The van der Waals surface area contributed by atoms with Crippen LogP contribution in [0.1, 0.15) is 16.7 Å². The number of ether oxygens (including phenoxy) is 1.